The van der Waals surface area contributed by atoms with Crippen LogP contribution in [0.1, 0.15) is 49.4 Å². The van der Waals surface area contributed by atoms with Crippen LogP contribution in [0.25, 0.3) is 16.8 Å². The monoisotopic (exact) mass is 696 g/mol. The van der Waals surface area contributed by atoms with Crippen LogP contribution >= 0.6 is 27.3 Å². The summed E-state index contributed by atoms with van der Waals surface area (Å²) in [5.41, 5.74) is 3.29. The van der Waals surface area contributed by atoms with Gasteiger partial charge in [0, 0.05) is 10.0 Å². The molecule has 0 N–H and O–H groups in total. The molecule has 0 bridgehead atoms. The average molecular weight is 698 g/mol. The van der Waals surface area contributed by atoms with Crippen molar-refractivity contribution in [2.24, 2.45) is 4.99 Å². The number of fused-ring (bicyclic) bond motifs is 2. The van der Waals surface area contributed by atoms with Gasteiger partial charge < -0.3 is 14.2 Å². The van der Waals surface area contributed by atoms with Crippen molar-refractivity contribution < 1.29 is 19.0 Å². The quantitative estimate of drug-likeness (QED) is 0.146. The Kier molecular flexibility index (Phi) is 9.51. The molecule has 1 atom stereocenters. The molecule has 1 aliphatic heterocycles. The van der Waals surface area contributed by atoms with E-state index < -0.39 is 12.0 Å². The van der Waals surface area contributed by atoms with Crippen molar-refractivity contribution in [3.8, 4) is 11.5 Å². The molecule has 0 spiro atoms. The molecule has 0 radical (unpaired) electrons. The fraction of sp³-hybridized carbons (Fsp3) is 0.216. The lowest BCUT2D eigenvalue weighted by atomic mass is 9.93. The minimum Gasteiger partial charge on any atom is -0.496 e. The number of methoxy groups -OCH3 is 1. The highest BCUT2D eigenvalue weighted by molar-refractivity contribution is 9.10. The summed E-state index contributed by atoms with van der Waals surface area (Å²) in [6.45, 7) is 4.41. The summed E-state index contributed by atoms with van der Waals surface area (Å²) in [4.78, 5) is 33.1. The molecule has 0 saturated heterocycles. The van der Waals surface area contributed by atoms with Crippen LogP contribution in [-0.4, -0.2) is 24.3 Å². The minimum atomic E-state index is -0.776. The normalized spacial score (nSPS) is 14.6. The predicted molar refractivity (Wildman–Crippen MR) is 185 cm³/mol. The maximum Gasteiger partial charge on any atom is 0.338 e. The third kappa shape index (κ3) is 6.30. The number of nitrogens with zero attached hydrogens (tertiary/aromatic N) is 2. The van der Waals surface area contributed by atoms with Crippen LogP contribution in [0.2, 0.25) is 0 Å². The Hall–Kier alpha value is -4.47. The SMILES string of the molecule is CCCC1=C(C(=O)OCC)[C@@H](c2cc(Br)ccc2OC)n2c(s/c(=C/c3cccc(OCc4cccc5ccccc45)c3)c2=O)=N1. The summed E-state index contributed by atoms with van der Waals surface area (Å²) in [5, 5.41) is 2.32. The lowest BCUT2D eigenvalue weighted by Crippen LogP contribution is -2.40. The van der Waals surface area contributed by atoms with Crippen molar-refractivity contribution in [2.75, 3.05) is 13.7 Å². The third-order valence-corrected chi connectivity index (χ3v) is 9.28. The molecule has 4 aromatic carbocycles. The molecule has 0 unspecified atom stereocenters. The topological polar surface area (TPSA) is 79.1 Å². The number of ether oxygens (including phenoxy) is 3. The summed E-state index contributed by atoms with van der Waals surface area (Å²) in [7, 11) is 1.58. The number of carbonyl (C=O) groups is 1. The molecule has 1 aliphatic rings. The Morgan fingerprint density at radius 1 is 1.02 bits per heavy atom. The molecular formula is C37H33BrN2O5S. The van der Waals surface area contributed by atoms with E-state index in [0.29, 0.717) is 50.7 Å². The lowest BCUT2D eigenvalue weighted by Gasteiger charge is -2.27. The van der Waals surface area contributed by atoms with Crippen LogP contribution in [0.3, 0.4) is 0 Å². The average Bonchev–Trinajstić information content (AvgIpc) is 3.37. The Labute approximate surface area is 279 Å². The molecule has 2 heterocycles. The Morgan fingerprint density at radius 2 is 1.83 bits per heavy atom. The fourth-order valence-electron chi connectivity index (χ4n) is 5.76. The summed E-state index contributed by atoms with van der Waals surface area (Å²) < 4.78 is 20.3. The number of thiazole rings is 1. The summed E-state index contributed by atoms with van der Waals surface area (Å²) >= 11 is 4.86. The first-order valence-electron chi connectivity index (χ1n) is 15.2. The largest absolute Gasteiger partial charge is 0.496 e. The fourth-order valence-corrected chi connectivity index (χ4v) is 7.16. The Morgan fingerprint density at radius 3 is 2.63 bits per heavy atom. The number of aromatic nitrogens is 1. The smallest absolute Gasteiger partial charge is 0.338 e. The Balaban J connectivity index is 1.43. The zero-order chi connectivity index (χ0) is 32.2. The number of rotatable bonds is 10. The number of benzene rings is 4. The van der Waals surface area contributed by atoms with Gasteiger partial charge in [-0.25, -0.2) is 9.79 Å². The summed E-state index contributed by atoms with van der Waals surface area (Å²) in [5.74, 6) is 0.756. The van der Waals surface area contributed by atoms with E-state index in [9.17, 15) is 9.59 Å². The maximum atomic E-state index is 14.2. The van der Waals surface area contributed by atoms with Crippen molar-refractivity contribution in [2.45, 2.75) is 39.3 Å². The van der Waals surface area contributed by atoms with Gasteiger partial charge in [-0.05, 0) is 71.7 Å². The van der Waals surface area contributed by atoms with Crippen LogP contribution in [0.4, 0.5) is 0 Å². The molecule has 5 aromatic rings. The molecular weight excluding hydrogens is 664 g/mol. The Bertz CT molecular complexity index is 2140. The second-order valence-electron chi connectivity index (χ2n) is 10.8. The predicted octanol–water partition coefficient (Wildman–Crippen LogP) is 7.08. The van der Waals surface area contributed by atoms with Crippen LogP contribution in [0, 0.1) is 0 Å². The van der Waals surface area contributed by atoms with Crippen LogP contribution < -0.4 is 24.4 Å². The molecule has 0 aliphatic carbocycles. The summed E-state index contributed by atoms with van der Waals surface area (Å²) in [6, 6.07) is 26.9. The van der Waals surface area contributed by atoms with Gasteiger partial charge in [0.25, 0.3) is 5.56 Å². The van der Waals surface area contributed by atoms with Gasteiger partial charge in [-0.2, -0.15) is 0 Å². The van der Waals surface area contributed by atoms with E-state index in [2.05, 4.69) is 40.2 Å². The maximum absolute atomic E-state index is 14.2. The molecule has 6 rings (SSSR count). The van der Waals surface area contributed by atoms with Gasteiger partial charge in [0.15, 0.2) is 4.80 Å². The van der Waals surface area contributed by atoms with Gasteiger partial charge in [0.1, 0.15) is 24.1 Å². The van der Waals surface area contributed by atoms with Crippen LogP contribution in [0.15, 0.2) is 110 Å². The van der Waals surface area contributed by atoms with Crippen LogP contribution in [0.5, 0.6) is 11.5 Å². The number of allylic oxidation sites excluding steroid dienone is 1. The highest BCUT2D eigenvalue weighted by atomic mass is 79.9. The van der Waals surface area contributed by atoms with Gasteiger partial charge in [-0.1, -0.05) is 95.2 Å². The van der Waals surface area contributed by atoms with E-state index in [0.717, 1.165) is 27.4 Å². The number of esters is 1. The molecule has 1 aromatic heterocycles. The lowest BCUT2D eigenvalue weighted by molar-refractivity contribution is -0.139. The van der Waals surface area contributed by atoms with Gasteiger partial charge in [0.2, 0.25) is 0 Å². The van der Waals surface area contributed by atoms with Crippen molar-refractivity contribution in [3.05, 3.63) is 137 Å². The highest BCUT2D eigenvalue weighted by Crippen LogP contribution is 2.38. The van der Waals surface area contributed by atoms with E-state index in [1.165, 1.54) is 16.7 Å². The van der Waals surface area contributed by atoms with Crippen LogP contribution in [-0.2, 0) is 16.1 Å². The van der Waals surface area contributed by atoms with Crippen molar-refractivity contribution in [1.82, 2.24) is 4.57 Å². The minimum absolute atomic E-state index is 0.202. The van der Waals surface area contributed by atoms with E-state index in [1.54, 1.807) is 18.6 Å². The summed E-state index contributed by atoms with van der Waals surface area (Å²) in [6.07, 6.45) is 3.17. The molecule has 0 saturated carbocycles. The molecule has 0 amide bonds. The van der Waals surface area contributed by atoms with Crippen molar-refractivity contribution >= 4 is 50.1 Å². The van der Waals surface area contributed by atoms with E-state index >= 15 is 0 Å². The second-order valence-corrected chi connectivity index (χ2v) is 12.7. The van der Waals surface area contributed by atoms with Gasteiger partial charge in [-0.3, -0.25) is 9.36 Å². The number of hydrogen-bond donors (Lipinski definition) is 0. The molecule has 7 nitrogen and oxygen atoms in total. The number of halogens is 1. The third-order valence-electron chi connectivity index (χ3n) is 7.81. The molecule has 9 heteroatoms. The molecule has 46 heavy (non-hydrogen) atoms. The van der Waals surface area contributed by atoms with Gasteiger partial charge in [0.05, 0.1) is 29.5 Å². The standard InChI is InChI=1S/C37H33BrN2O5S/c1-4-10-30-33(36(42)44-5-2)34(29-21-26(38)17-18-31(29)43-3)40-35(41)32(46-37(40)39-30)20-23-11-8-15-27(19-23)45-22-25-14-9-13-24-12-6-7-16-28(24)25/h6-9,11-21,34H,4-5,10,22H2,1-3H3/b32-20+/t34-/m1/s1. The van der Waals surface area contributed by atoms with E-state index in [-0.39, 0.29) is 12.2 Å². The first-order chi connectivity index (χ1) is 22.4. The first kappa shape index (κ1) is 31.5. The second kappa shape index (κ2) is 13.9. The van der Waals surface area contributed by atoms with Gasteiger partial charge >= 0.3 is 5.97 Å². The molecule has 0 fully saturated rings. The molecule has 234 valence electrons. The zero-order valence-electron chi connectivity index (χ0n) is 25.8. The zero-order valence-corrected chi connectivity index (χ0v) is 28.2. The van der Waals surface area contributed by atoms with E-state index in [1.807, 2.05) is 73.7 Å². The first-order valence-corrected chi connectivity index (χ1v) is 16.8. The van der Waals surface area contributed by atoms with Crippen molar-refractivity contribution in [1.29, 1.82) is 0 Å². The number of carbonyl (C=O) groups excluding carboxylic acids is 1. The highest BCUT2D eigenvalue weighted by Gasteiger charge is 2.36. The van der Waals surface area contributed by atoms with E-state index in [4.69, 9.17) is 19.2 Å². The van der Waals surface area contributed by atoms with Gasteiger partial charge in [-0.15, -0.1) is 0 Å². The number of hydrogen-bond acceptors (Lipinski definition) is 7. The van der Waals surface area contributed by atoms with Crippen molar-refractivity contribution in [3.63, 3.8) is 0 Å².